The van der Waals surface area contributed by atoms with Gasteiger partial charge < -0.3 is 20.5 Å². The lowest BCUT2D eigenvalue weighted by Crippen LogP contribution is -2.31. The van der Waals surface area contributed by atoms with Crippen LogP contribution in [0.2, 0.25) is 0 Å². The summed E-state index contributed by atoms with van der Waals surface area (Å²) in [6, 6.07) is 4.88. The maximum Gasteiger partial charge on any atom is 0.255 e. The SMILES string of the molecule is CCC1CCC(CNC(=O)c2ccc(OCC(N)=O)c(OC)c2)CC1. The number of nitrogens with two attached hydrogens (primary N) is 1. The first-order valence-corrected chi connectivity index (χ1v) is 8.90. The van der Waals surface area contributed by atoms with Crippen LogP contribution in [0, 0.1) is 11.8 Å². The first kappa shape index (κ1) is 19.1. The van der Waals surface area contributed by atoms with Crippen LogP contribution in [0.1, 0.15) is 49.4 Å². The van der Waals surface area contributed by atoms with Gasteiger partial charge in [-0.25, -0.2) is 0 Å². The van der Waals surface area contributed by atoms with Crippen LogP contribution < -0.4 is 20.5 Å². The van der Waals surface area contributed by atoms with Crippen LogP contribution >= 0.6 is 0 Å². The van der Waals surface area contributed by atoms with Gasteiger partial charge in [-0.05, 0) is 42.9 Å². The van der Waals surface area contributed by atoms with E-state index < -0.39 is 5.91 Å². The van der Waals surface area contributed by atoms with Crippen LogP contribution in [0.15, 0.2) is 18.2 Å². The summed E-state index contributed by atoms with van der Waals surface area (Å²) in [4.78, 5) is 23.2. The molecule has 1 aliphatic carbocycles. The van der Waals surface area contributed by atoms with Crippen molar-refractivity contribution in [3.05, 3.63) is 23.8 Å². The van der Waals surface area contributed by atoms with Crippen LogP contribution in [0.4, 0.5) is 0 Å². The third-order valence-corrected chi connectivity index (χ3v) is 4.89. The summed E-state index contributed by atoms with van der Waals surface area (Å²) in [6.45, 7) is 2.72. The lowest BCUT2D eigenvalue weighted by molar-refractivity contribution is -0.119. The molecule has 25 heavy (non-hydrogen) atoms. The monoisotopic (exact) mass is 348 g/mol. The molecule has 0 unspecified atom stereocenters. The Kier molecular flexibility index (Phi) is 7.10. The quantitative estimate of drug-likeness (QED) is 0.755. The number of carbonyl (C=O) groups excluding carboxylic acids is 2. The topological polar surface area (TPSA) is 90.6 Å². The van der Waals surface area contributed by atoms with E-state index in [0.29, 0.717) is 29.5 Å². The molecule has 2 rings (SSSR count). The molecule has 0 radical (unpaired) electrons. The van der Waals surface area contributed by atoms with Crippen molar-refractivity contribution in [2.75, 3.05) is 20.3 Å². The van der Waals surface area contributed by atoms with Crippen molar-refractivity contribution in [2.45, 2.75) is 39.0 Å². The van der Waals surface area contributed by atoms with E-state index in [1.807, 2.05) is 0 Å². The van der Waals surface area contributed by atoms with Gasteiger partial charge in [0.1, 0.15) is 0 Å². The molecule has 1 aromatic rings. The third-order valence-electron chi connectivity index (χ3n) is 4.89. The van der Waals surface area contributed by atoms with E-state index in [0.717, 1.165) is 5.92 Å². The predicted octanol–water partition coefficient (Wildman–Crippen LogP) is 2.51. The number of carbonyl (C=O) groups is 2. The van der Waals surface area contributed by atoms with Gasteiger partial charge in [0.15, 0.2) is 18.1 Å². The first-order valence-electron chi connectivity index (χ1n) is 8.90. The molecule has 0 spiro atoms. The molecule has 1 fully saturated rings. The molecule has 1 aliphatic rings. The van der Waals surface area contributed by atoms with Crippen molar-refractivity contribution in [2.24, 2.45) is 17.6 Å². The molecular weight excluding hydrogens is 320 g/mol. The second kappa shape index (κ2) is 9.30. The van der Waals surface area contributed by atoms with Crippen molar-refractivity contribution < 1.29 is 19.1 Å². The molecule has 6 heteroatoms. The zero-order valence-corrected chi connectivity index (χ0v) is 15.0. The van der Waals surface area contributed by atoms with Gasteiger partial charge in [-0.3, -0.25) is 9.59 Å². The van der Waals surface area contributed by atoms with Gasteiger partial charge in [-0.15, -0.1) is 0 Å². The van der Waals surface area contributed by atoms with Gasteiger partial charge in [0, 0.05) is 12.1 Å². The molecule has 0 aromatic heterocycles. The van der Waals surface area contributed by atoms with Crippen molar-refractivity contribution in [1.29, 1.82) is 0 Å². The Morgan fingerprint density at radius 1 is 1.16 bits per heavy atom. The van der Waals surface area contributed by atoms with E-state index in [4.69, 9.17) is 15.2 Å². The number of rotatable bonds is 8. The molecule has 0 saturated heterocycles. The number of ether oxygens (including phenoxy) is 2. The molecule has 0 bridgehead atoms. The molecule has 6 nitrogen and oxygen atoms in total. The Morgan fingerprint density at radius 2 is 1.84 bits per heavy atom. The number of hydrogen-bond acceptors (Lipinski definition) is 4. The first-order chi connectivity index (χ1) is 12.0. The van der Waals surface area contributed by atoms with Crippen LogP contribution in [0.25, 0.3) is 0 Å². The average molecular weight is 348 g/mol. The van der Waals surface area contributed by atoms with Crippen LogP contribution in [0.5, 0.6) is 11.5 Å². The normalized spacial score (nSPS) is 19.9. The van der Waals surface area contributed by atoms with E-state index in [-0.39, 0.29) is 12.5 Å². The summed E-state index contributed by atoms with van der Waals surface area (Å²) in [5.41, 5.74) is 5.57. The highest BCUT2D eigenvalue weighted by molar-refractivity contribution is 5.94. The van der Waals surface area contributed by atoms with E-state index in [9.17, 15) is 9.59 Å². The van der Waals surface area contributed by atoms with E-state index in [1.165, 1.54) is 39.2 Å². The highest BCUT2D eigenvalue weighted by Gasteiger charge is 2.20. The third kappa shape index (κ3) is 5.66. The Labute approximate surface area is 149 Å². The maximum absolute atomic E-state index is 12.4. The number of benzene rings is 1. The molecule has 1 saturated carbocycles. The molecule has 138 valence electrons. The average Bonchev–Trinajstić information content (AvgIpc) is 2.64. The van der Waals surface area contributed by atoms with Gasteiger partial charge in [0.2, 0.25) is 0 Å². The Morgan fingerprint density at radius 3 is 2.44 bits per heavy atom. The number of primary amides is 1. The molecule has 1 aromatic carbocycles. The lowest BCUT2D eigenvalue weighted by atomic mass is 9.81. The number of hydrogen-bond donors (Lipinski definition) is 2. The Bertz CT molecular complexity index is 595. The van der Waals surface area contributed by atoms with Crippen molar-refractivity contribution >= 4 is 11.8 Å². The van der Waals surface area contributed by atoms with E-state index >= 15 is 0 Å². The second-order valence-electron chi connectivity index (χ2n) is 6.63. The summed E-state index contributed by atoms with van der Waals surface area (Å²) >= 11 is 0. The molecule has 0 aliphatic heterocycles. The smallest absolute Gasteiger partial charge is 0.255 e. The van der Waals surface area contributed by atoms with Crippen LogP contribution in [-0.4, -0.2) is 32.1 Å². The molecule has 3 N–H and O–H groups in total. The standard InChI is InChI=1S/C19H28N2O4/c1-3-13-4-6-14(7-5-13)11-21-19(23)15-8-9-16(17(10-15)24-2)25-12-18(20)22/h8-10,13-14H,3-7,11-12H2,1-2H3,(H2,20,22)(H,21,23). The molecular formula is C19H28N2O4. The predicted molar refractivity (Wildman–Crippen MR) is 95.8 cm³/mol. The number of methoxy groups -OCH3 is 1. The number of amides is 2. The molecule has 0 atom stereocenters. The lowest BCUT2D eigenvalue weighted by Gasteiger charge is -2.27. The minimum absolute atomic E-state index is 0.127. The summed E-state index contributed by atoms with van der Waals surface area (Å²) in [5.74, 6) is 1.50. The Balaban J connectivity index is 1.89. The Hall–Kier alpha value is -2.24. The zero-order valence-electron chi connectivity index (χ0n) is 15.0. The molecule has 0 heterocycles. The van der Waals surface area contributed by atoms with Gasteiger partial charge in [-0.1, -0.05) is 26.2 Å². The van der Waals surface area contributed by atoms with Gasteiger partial charge >= 0.3 is 0 Å². The largest absolute Gasteiger partial charge is 0.493 e. The van der Waals surface area contributed by atoms with Crippen LogP contribution in [0.3, 0.4) is 0 Å². The van der Waals surface area contributed by atoms with Crippen molar-refractivity contribution in [1.82, 2.24) is 5.32 Å². The fourth-order valence-corrected chi connectivity index (χ4v) is 3.26. The highest BCUT2D eigenvalue weighted by atomic mass is 16.5. The van der Waals surface area contributed by atoms with E-state index in [2.05, 4.69) is 12.2 Å². The second-order valence-corrected chi connectivity index (χ2v) is 6.63. The maximum atomic E-state index is 12.4. The fourth-order valence-electron chi connectivity index (χ4n) is 3.26. The fraction of sp³-hybridized carbons (Fsp3) is 0.579. The molecule has 2 amide bonds. The van der Waals surface area contributed by atoms with Gasteiger partial charge in [0.05, 0.1) is 7.11 Å². The van der Waals surface area contributed by atoms with Crippen LogP contribution in [-0.2, 0) is 4.79 Å². The minimum Gasteiger partial charge on any atom is -0.493 e. The van der Waals surface area contributed by atoms with E-state index in [1.54, 1.807) is 18.2 Å². The van der Waals surface area contributed by atoms with Crippen molar-refractivity contribution in [3.8, 4) is 11.5 Å². The van der Waals surface area contributed by atoms with Gasteiger partial charge in [0.25, 0.3) is 11.8 Å². The summed E-state index contributed by atoms with van der Waals surface area (Å²) in [6.07, 6.45) is 6.14. The van der Waals surface area contributed by atoms with Crippen molar-refractivity contribution in [3.63, 3.8) is 0 Å². The highest BCUT2D eigenvalue weighted by Crippen LogP contribution is 2.30. The zero-order chi connectivity index (χ0) is 18.2. The summed E-state index contributed by atoms with van der Waals surface area (Å²) < 4.78 is 10.5. The number of nitrogens with one attached hydrogen (secondary N) is 1. The summed E-state index contributed by atoms with van der Waals surface area (Å²) in [5, 5.41) is 3.01. The summed E-state index contributed by atoms with van der Waals surface area (Å²) in [7, 11) is 1.49. The van der Waals surface area contributed by atoms with Gasteiger partial charge in [-0.2, -0.15) is 0 Å². The minimum atomic E-state index is -0.568.